The Morgan fingerprint density at radius 2 is 1.42 bits per heavy atom. The van der Waals surface area contributed by atoms with E-state index in [4.69, 9.17) is 18.9 Å². The van der Waals surface area contributed by atoms with E-state index in [1.807, 2.05) is 61.5 Å². The largest absolute Gasteiger partial charge is 0.490 e. The van der Waals surface area contributed by atoms with Crippen molar-refractivity contribution in [3.05, 3.63) is 84.4 Å². The maximum absolute atomic E-state index is 12.8. The normalized spacial score (nSPS) is 10.4. The van der Waals surface area contributed by atoms with Crippen LogP contribution >= 0.6 is 0 Å². The molecule has 0 fully saturated rings. The van der Waals surface area contributed by atoms with Gasteiger partial charge in [-0.1, -0.05) is 36.4 Å². The van der Waals surface area contributed by atoms with Crippen LogP contribution in [0.1, 0.15) is 17.3 Å². The molecule has 0 aliphatic heterocycles. The smallest absolute Gasteiger partial charge is 0.259 e. The van der Waals surface area contributed by atoms with Crippen LogP contribution in [-0.4, -0.2) is 38.9 Å². The van der Waals surface area contributed by atoms with Crippen molar-refractivity contribution >= 4 is 11.6 Å². The number of amides is 1. The van der Waals surface area contributed by atoms with Crippen LogP contribution in [0.5, 0.6) is 17.2 Å². The van der Waals surface area contributed by atoms with Gasteiger partial charge in [0.15, 0.2) is 0 Å². The molecule has 162 valence electrons. The van der Waals surface area contributed by atoms with Gasteiger partial charge < -0.3 is 24.3 Å². The number of hydrogen-bond donors (Lipinski definition) is 1. The highest BCUT2D eigenvalue weighted by molar-refractivity contribution is 6.06. The van der Waals surface area contributed by atoms with Gasteiger partial charge in [-0.3, -0.25) is 4.79 Å². The first-order chi connectivity index (χ1) is 15.3. The maximum Gasteiger partial charge on any atom is 0.259 e. The summed E-state index contributed by atoms with van der Waals surface area (Å²) in [5.41, 5.74) is 1.09. The van der Waals surface area contributed by atoms with Crippen LogP contribution in [-0.2, 0) is 4.74 Å². The Bertz CT molecular complexity index is 945. The Morgan fingerprint density at radius 3 is 2.23 bits per heavy atom. The molecule has 6 heteroatoms. The summed E-state index contributed by atoms with van der Waals surface area (Å²) in [5.74, 6) is 1.71. The highest BCUT2D eigenvalue weighted by Gasteiger charge is 2.12. The second-order valence-corrected chi connectivity index (χ2v) is 6.53. The molecule has 0 bridgehead atoms. The third kappa shape index (κ3) is 7.35. The van der Waals surface area contributed by atoms with Crippen molar-refractivity contribution in [3.63, 3.8) is 0 Å². The molecule has 0 aromatic heterocycles. The summed E-state index contributed by atoms with van der Waals surface area (Å²) in [4.78, 5) is 12.8. The van der Waals surface area contributed by atoms with E-state index in [0.717, 1.165) is 5.75 Å². The van der Waals surface area contributed by atoms with E-state index in [0.29, 0.717) is 55.8 Å². The van der Waals surface area contributed by atoms with Gasteiger partial charge in [-0.2, -0.15) is 0 Å². The van der Waals surface area contributed by atoms with Gasteiger partial charge in [0, 0.05) is 18.4 Å². The van der Waals surface area contributed by atoms with Gasteiger partial charge in [0.1, 0.15) is 37.1 Å². The number of carbonyl (C=O) groups is 1. The first-order valence-electron chi connectivity index (χ1n) is 10.3. The molecule has 31 heavy (non-hydrogen) atoms. The molecule has 0 saturated heterocycles. The molecule has 0 aliphatic carbocycles. The number of benzene rings is 3. The van der Waals surface area contributed by atoms with Gasteiger partial charge in [-0.15, -0.1) is 0 Å². The van der Waals surface area contributed by atoms with Gasteiger partial charge in [0.25, 0.3) is 5.91 Å². The third-order valence-corrected chi connectivity index (χ3v) is 4.28. The lowest BCUT2D eigenvalue weighted by molar-refractivity contribution is 0.0998. The van der Waals surface area contributed by atoms with Gasteiger partial charge in [-0.25, -0.2) is 0 Å². The van der Waals surface area contributed by atoms with Gasteiger partial charge in [0.05, 0.1) is 12.2 Å². The quantitative estimate of drug-likeness (QED) is 0.425. The van der Waals surface area contributed by atoms with Crippen LogP contribution in [0.25, 0.3) is 0 Å². The fraction of sp³-hybridized carbons (Fsp3) is 0.240. The standard InChI is InChI=1S/C25H27NO5/c1-2-28-15-16-31-24-14-7-6-13-23(24)25(27)26-20-9-8-12-22(19-20)30-18-17-29-21-10-4-3-5-11-21/h3-14,19H,2,15-18H2,1H3,(H,26,27). The molecule has 0 unspecified atom stereocenters. The minimum atomic E-state index is -0.253. The number of nitrogens with one attached hydrogen (secondary N) is 1. The van der Waals surface area contributed by atoms with E-state index >= 15 is 0 Å². The molecule has 3 aromatic rings. The number of anilines is 1. The van der Waals surface area contributed by atoms with Crippen LogP contribution in [0.3, 0.4) is 0 Å². The lowest BCUT2D eigenvalue weighted by Gasteiger charge is -2.13. The van der Waals surface area contributed by atoms with E-state index in [9.17, 15) is 4.79 Å². The van der Waals surface area contributed by atoms with Gasteiger partial charge in [0.2, 0.25) is 0 Å². The maximum atomic E-state index is 12.8. The molecule has 3 rings (SSSR count). The van der Waals surface area contributed by atoms with E-state index in [1.54, 1.807) is 24.3 Å². The summed E-state index contributed by atoms with van der Waals surface area (Å²) in [5, 5.41) is 2.90. The Labute approximate surface area is 182 Å². The zero-order valence-electron chi connectivity index (χ0n) is 17.6. The Balaban J connectivity index is 1.52. The van der Waals surface area contributed by atoms with Crippen molar-refractivity contribution in [2.24, 2.45) is 0 Å². The first kappa shape index (κ1) is 22.2. The van der Waals surface area contributed by atoms with Crippen molar-refractivity contribution in [1.29, 1.82) is 0 Å². The fourth-order valence-electron chi connectivity index (χ4n) is 2.83. The second kappa shape index (κ2) is 12.2. The molecule has 0 spiro atoms. The van der Waals surface area contributed by atoms with E-state index in [2.05, 4.69) is 5.32 Å². The number of hydrogen-bond acceptors (Lipinski definition) is 5. The topological polar surface area (TPSA) is 66.0 Å². The molecule has 0 aliphatic rings. The minimum Gasteiger partial charge on any atom is -0.490 e. The SMILES string of the molecule is CCOCCOc1ccccc1C(=O)Nc1cccc(OCCOc2ccccc2)c1. The number of para-hydroxylation sites is 2. The van der Waals surface area contributed by atoms with Crippen LogP contribution in [0.2, 0.25) is 0 Å². The monoisotopic (exact) mass is 421 g/mol. The molecule has 6 nitrogen and oxygen atoms in total. The summed E-state index contributed by atoms with van der Waals surface area (Å²) >= 11 is 0. The Morgan fingerprint density at radius 1 is 0.742 bits per heavy atom. The van der Waals surface area contributed by atoms with E-state index < -0.39 is 0 Å². The molecular formula is C25H27NO5. The molecule has 1 N–H and O–H groups in total. The summed E-state index contributed by atoms with van der Waals surface area (Å²) in [6.45, 7) is 4.22. The third-order valence-electron chi connectivity index (χ3n) is 4.28. The summed E-state index contributed by atoms with van der Waals surface area (Å²) in [6, 6.07) is 24.0. The lowest BCUT2D eigenvalue weighted by Crippen LogP contribution is -2.15. The van der Waals surface area contributed by atoms with Crippen molar-refractivity contribution < 1.29 is 23.7 Å². The van der Waals surface area contributed by atoms with Crippen molar-refractivity contribution in [2.45, 2.75) is 6.92 Å². The number of carbonyl (C=O) groups excluding carboxylic acids is 1. The second-order valence-electron chi connectivity index (χ2n) is 6.53. The fourth-order valence-corrected chi connectivity index (χ4v) is 2.83. The van der Waals surface area contributed by atoms with E-state index in [1.165, 1.54) is 0 Å². The number of rotatable bonds is 12. The van der Waals surface area contributed by atoms with E-state index in [-0.39, 0.29) is 5.91 Å². The zero-order chi connectivity index (χ0) is 21.7. The molecule has 3 aromatic carbocycles. The average molecular weight is 421 g/mol. The zero-order valence-corrected chi connectivity index (χ0v) is 17.6. The predicted molar refractivity (Wildman–Crippen MR) is 120 cm³/mol. The molecule has 0 radical (unpaired) electrons. The summed E-state index contributed by atoms with van der Waals surface area (Å²) in [6.07, 6.45) is 0. The minimum absolute atomic E-state index is 0.253. The van der Waals surface area contributed by atoms with Crippen molar-refractivity contribution in [2.75, 3.05) is 38.4 Å². The molecule has 1 amide bonds. The summed E-state index contributed by atoms with van der Waals surface area (Å²) in [7, 11) is 0. The molecule has 0 saturated carbocycles. The van der Waals surface area contributed by atoms with Crippen molar-refractivity contribution in [1.82, 2.24) is 0 Å². The average Bonchev–Trinajstić information content (AvgIpc) is 2.81. The first-order valence-corrected chi connectivity index (χ1v) is 10.3. The lowest BCUT2D eigenvalue weighted by atomic mass is 10.2. The van der Waals surface area contributed by atoms with Crippen LogP contribution < -0.4 is 19.5 Å². The predicted octanol–water partition coefficient (Wildman–Crippen LogP) is 4.81. The van der Waals surface area contributed by atoms with Crippen LogP contribution in [0.4, 0.5) is 5.69 Å². The van der Waals surface area contributed by atoms with Gasteiger partial charge >= 0.3 is 0 Å². The number of ether oxygens (including phenoxy) is 4. The van der Waals surface area contributed by atoms with Crippen LogP contribution in [0.15, 0.2) is 78.9 Å². The molecular weight excluding hydrogens is 394 g/mol. The van der Waals surface area contributed by atoms with Crippen molar-refractivity contribution in [3.8, 4) is 17.2 Å². The Hall–Kier alpha value is -3.51. The highest BCUT2D eigenvalue weighted by atomic mass is 16.5. The van der Waals surface area contributed by atoms with Gasteiger partial charge in [-0.05, 0) is 43.3 Å². The molecule has 0 heterocycles. The Kier molecular flexibility index (Phi) is 8.76. The highest BCUT2D eigenvalue weighted by Crippen LogP contribution is 2.22. The van der Waals surface area contributed by atoms with Crippen LogP contribution in [0, 0.1) is 0 Å². The summed E-state index contributed by atoms with van der Waals surface area (Å²) < 4.78 is 22.3. The molecule has 0 atom stereocenters.